The highest BCUT2D eigenvalue weighted by atomic mass is 16.2. The van der Waals surface area contributed by atoms with Crippen molar-refractivity contribution in [1.29, 1.82) is 0 Å². The van der Waals surface area contributed by atoms with Gasteiger partial charge in [-0.1, -0.05) is 6.08 Å². The molecule has 0 aliphatic carbocycles. The van der Waals surface area contributed by atoms with Gasteiger partial charge < -0.3 is 9.80 Å². The van der Waals surface area contributed by atoms with Gasteiger partial charge in [-0.25, -0.2) is 9.97 Å². The molecule has 1 aromatic rings. The first kappa shape index (κ1) is 15.0. The molecule has 0 saturated carbocycles. The highest BCUT2D eigenvalue weighted by Gasteiger charge is 2.33. The number of amides is 1. The third kappa shape index (κ3) is 3.29. The van der Waals surface area contributed by atoms with Crippen molar-refractivity contribution in [2.24, 2.45) is 11.8 Å². The molecule has 0 bridgehead atoms. The highest BCUT2D eigenvalue weighted by Crippen LogP contribution is 2.32. The van der Waals surface area contributed by atoms with Gasteiger partial charge in [0.2, 0.25) is 11.9 Å². The summed E-state index contributed by atoms with van der Waals surface area (Å²) in [6, 6.07) is 1.85. The van der Waals surface area contributed by atoms with Gasteiger partial charge >= 0.3 is 0 Å². The van der Waals surface area contributed by atoms with Gasteiger partial charge in [0, 0.05) is 45.0 Å². The third-order valence-electron chi connectivity index (χ3n) is 4.94. The van der Waals surface area contributed by atoms with E-state index in [1.54, 1.807) is 18.5 Å². The summed E-state index contributed by atoms with van der Waals surface area (Å²) in [5, 5.41) is 0. The van der Waals surface area contributed by atoms with E-state index in [4.69, 9.17) is 0 Å². The van der Waals surface area contributed by atoms with Crippen LogP contribution in [0.25, 0.3) is 0 Å². The highest BCUT2D eigenvalue weighted by molar-refractivity contribution is 5.77. The lowest BCUT2D eigenvalue weighted by atomic mass is 9.84. The molecule has 118 valence electrons. The maximum absolute atomic E-state index is 11.9. The molecular weight excluding hydrogens is 276 g/mol. The summed E-state index contributed by atoms with van der Waals surface area (Å²) < 4.78 is 0. The molecule has 2 aliphatic heterocycles. The summed E-state index contributed by atoms with van der Waals surface area (Å²) in [7, 11) is 0. The van der Waals surface area contributed by atoms with Crippen molar-refractivity contribution in [3.05, 3.63) is 31.1 Å². The number of carbonyl (C=O) groups excluding carboxylic acids is 1. The molecule has 0 spiro atoms. The van der Waals surface area contributed by atoms with Crippen LogP contribution in [-0.2, 0) is 4.79 Å². The minimum atomic E-state index is 0.229. The number of likely N-dealkylation sites (tertiary alicyclic amines) is 1. The first-order chi connectivity index (χ1) is 10.8. The van der Waals surface area contributed by atoms with E-state index in [0.29, 0.717) is 12.3 Å². The van der Waals surface area contributed by atoms with Crippen molar-refractivity contribution in [3.63, 3.8) is 0 Å². The smallest absolute Gasteiger partial charge is 0.226 e. The number of nitrogens with zero attached hydrogens (tertiary/aromatic N) is 4. The molecule has 1 amide bonds. The van der Waals surface area contributed by atoms with E-state index in [-0.39, 0.29) is 5.91 Å². The molecular formula is C17H24N4O. The van der Waals surface area contributed by atoms with Gasteiger partial charge in [0.15, 0.2) is 0 Å². The van der Waals surface area contributed by atoms with Crippen LogP contribution >= 0.6 is 0 Å². The molecule has 0 radical (unpaired) electrons. The van der Waals surface area contributed by atoms with Crippen molar-refractivity contribution >= 4 is 11.9 Å². The van der Waals surface area contributed by atoms with Crippen molar-refractivity contribution < 1.29 is 4.79 Å². The summed E-state index contributed by atoms with van der Waals surface area (Å²) in [5.74, 6) is 2.46. The van der Waals surface area contributed by atoms with Crippen LogP contribution in [0.1, 0.15) is 25.7 Å². The van der Waals surface area contributed by atoms with Crippen LogP contribution in [0.3, 0.4) is 0 Å². The lowest BCUT2D eigenvalue weighted by Gasteiger charge is -2.34. The quantitative estimate of drug-likeness (QED) is 0.799. The molecule has 2 fully saturated rings. The molecule has 0 aromatic carbocycles. The monoisotopic (exact) mass is 300 g/mol. The molecule has 3 heterocycles. The Morgan fingerprint density at radius 1 is 1.18 bits per heavy atom. The zero-order valence-corrected chi connectivity index (χ0v) is 13.0. The van der Waals surface area contributed by atoms with Crippen molar-refractivity contribution in [3.8, 4) is 0 Å². The Morgan fingerprint density at radius 3 is 2.55 bits per heavy atom. The third-order valence-corrected chi connectivity index (χ3v) is 4.94. The molecule has 5 nitrogen and oxygen atoms in total. The second kappa shape index (κ2) is 6.90. The normalized spacial score (nSPS) is 22.8. The fourth-order valence-corrected chi connectivity index (χ4v) is 3.68. The van der Waals surface area contributed by atoms with Gasteiger partial charge in [0.05, 0.1) is 0 Å². The molecule has 22 heavy (non-hydrogen) atoms. The number of hydrogen-bond acceptors (Lipinski definition) is 4. The number of piperidine rings is 1. The van der Waals surface area contributed by atoms with Gasteiger partial charge in [-0.15, -0.1) is 6.58 Å². The topological polar surface area (TPSA) is 49.3 Å². The van der Waals surface area contributed by atoms with Gasteiger partial charge in [-0.2, -0.15) is 0 Å². The van der Waals surface area contributed by atoms with Crippen LogP contribution in [0.15, 0.2) is 31.1 Å². The SMILES string of the molecule is C=CCC(=O)N1CC[C@@H](C2CCN(c3ncccn3)CC2)C1. The van der Waals surface area contributed by atoms with Crippen molar-refractivity contribution in [2.45, 2.75) is 25.7 Å². The Labute approximate surface area is 132 Å². The Morgan fingerprint density at radius 2 is 1.86 bits per heavy atom. The molecule has 2 saturated heterocycles. The molecule has 1 atom stereocenters. The Balaban J connectivity index is 1.50. The second-order valence-electron chi connectivity index (χ2n) is 6.25. The summed E-state index contributed by atoms with van der Waals surface area (Å²) in [4.78, 5) is 24.9. The fourth-order valence-electron chi connectivity index (χ4n) is 3.68. The average molecular weight is 300 g/mol. The van der Waals surface area contributed by atoms with E-state index in [2.05, 4.69) is 21.4 Å². The van der Waals surface area contributed by atoms with Crippen molar-refractivity contribution in [1.82, 2.24) is 14.9 Å². The van der Waals surface area contributed by atoms with Gasteiger partial charge in [0.25, 0.3) is 0 Å². The average Bonchev–Trinajstić information content (AvgIpc) is 3.06. The zero-order valence-electron chi connectivity index (χ0n) is 13.0. The lowest BCUT2D eigenvalue weighted by Crippen LogP contribution is -2.38. The first-order valence-electron chi connectivity index (χ1n) is 8.18. The van der Waals surface area contributed by atoms with Gasteiger partial charge in [-0.05, 0) is 37.2 Å². The van der Waals surface area contributed by atoms with E-state index in [1.165, 1.54) is 12.8 Å². The Hall–Kier alpha value is -1.91. The number of anilines is 1. The summed E-state index contributed by atoms with van der Waals surface area (Å²) in [6.07, 6.45) is 9.27. The molecule has 0 N–H and O–H groups in total. The van der Waals surface area contributed by atoms with E-state index < -0.39 is 0 Å². The van der Waals surface area contributed by atoms with E-state index in [0.717, 1.165) is 44.5 Å². The van der Waals surface area contributed by atoms with Crippen molar-refractivity contribution in [2.75, 3.05) is 31.1 Å². The van der Waals surface area contributed by atoms with E-state index in [9.17, 15) is 4.79 Å². The van der Waals surface area contributed by atoms with Gasteiger partial charge in [-0.3, -0.25) is 4.79 Å². The lowest BCUT2D eigenvalue weighted by molar-refractivity contribution is -0.129. The van der Waals surface area contributed by atoms with Crippen LogP contribution in [0.2, 0.25) is 0 Å². The maximum Gasteiger partial charge on any atom is 0.226 e. The van der Waals surface area contributed by atoms with Crippen LogP contribution in [-0.4, -0.2) is 47.0 Å². The molecule has 3 rings (SSSR count). The summed E-state index contributed by atoms with van der Waals surface area (Å²) >= 11 is 0. The predicted octanol–water partition coefficient (Wildman–Crippen LogP) is 2.12. The minimum Gasteiger partial charge on any atom is -0.342 e. The molecule has 1 aromatic heterocycles. The minimum absolute atomic E-state index is 0.229. The first-order valence-corrected chi connectivity index (χ1v) is 8.18. The standard InChI is InChI=1S/C17H24N4O/c1-2-4-16(22)21-12-7-15(13-21)14-5-10-20(11-6-14)17-18-8-3-9-19-17/h2-3,8-9,14-15H,1,4-7,10-13H2/t15-/m1/s1. The van der Waals surface area contributed by atoms with Crippen LogP contribution in [0, 0.1) is 11.8 Å². The predicted molar refractivity (Wildman–Crippen MR) is 86.5 cm³/mol. The summed E-state index contributed by atoms with van der Waals surface area (Å²) in [5.41, 5.74) is 0. The second-order valence-corrected chi connectivity index (χ2v) is 6.25. The Bertz CT molecular complexity index is 511. The van der Waals surface area contributed by atoms with Crippen LogP contribution < -0.4 is 4.90 Å². The largest absolute Gasteiger partial charge is 0.342 e. The van der Waals surface area contributed by atoms with Crippen LogP contribution in [0.4, 0.5) is 5.95 Å². The van der Waals surface area contributed by atoms with E-state index in [1.807, 2.05) is 11.0 Å². The Kier molecular flexibility index (Phi) is 4.71. The fraction of sp³-hybridized carbons (Fsp3) is 0.588. The zero-order chi connectivity index (χ0) is 15.4. The number of carbonyl (C=O) groups is 1. The van der Waals surface area contributed by atoms with E-state index >= 15 is 0 Å². The number of rotatable bonds is 4. The molecule has 2 aliphatic rings. The molecule has 5 heteroatoms. The summed E-state index contributed by atoms with van der Waals surface area (Å²) in [6.45, 7) is 7.54. The van der Waals surface area contributed by atoms with Gasteiger partial charge in [0.1, 0.15) is 0 Å². The maximum atomic E-state index is 11.9. The number of aromatic nitrogens is 2. The van der Waals surface area contributed by atoms with Crippen LogP contribution in [0.5, 0.6) is 0 Å². The molecule has 0 unspecified atom stereocenters. The number of hydrogen-bond donors (Lipinski definition) is 0.